The van der Waals surface area contributed by atoms with E-state index in [0.717, 1.165) is 47.4 Å². The van der Waals surface area contributed by atoms with Crippen LogP contribution in [0.2, 0.25) is 0 Å². The van der Waals surface area contributed by atoms with E-state index in [1.807, 2.05) is 24.3 Å². The maximum atomic E-state index is 11.9. The fourth-order valence-electron chi connectivity index (χ4n) is 3.47. The van der Waals surface area contributed by atoms with E-state index in [-0.39, 0.29) is 5.97 Å². The highest BCUT2D eigenvalue weighted by Gasteiger charge is 2.14. The predicted octanol–water partition coefficient (Wildman–Crippen LogP) is 5.52. The van der Waals surface area contributed by atoms with Gasteiger partial charge in [0.2, 0.25) is 5.95 Å². The van der Waals surface area contributed by atoms with Crippen LogP contribution in [0, 0.1) is 0 Å². The third-order valence-corrected chi connectivity index (χ3v) is 4.94. The van der Waals surface area contributed by atoms with Crippen LogP contribution in [0.5, 0.6) is 0 Å². The molecule has 0 radical (unpaired) electrons. The molecule has 1 N–H and O–H groups in total. The quantitative estimate of drug-likeness (QED) is 0.452. The number of hydrogen-bond acceptors (Lipinski definition) is 4. The molecule has 0 aliphatic heterocycles. The van der Waals surface area contributed by atoms with Crippen molar-refractivity contribution >= 4 is 39.4 Å². The minimum atomic E-state index is -0.353. The van der Waals surface area contributed by atoms with Crippen molar-refractivity contribution < 1.29 is 9.53 Å². The van der Waals surface area contributed by atoms with Crippen LogP contribution in [-0.4, -0.2) is 22.6 Å². The third kappa shape index (κ3) is 3.31. The average Bonchev–Trinajstić information content (AvgIpc) is 3.08. The number of carbonyl (C=O) groups is 1. The zero-order chi connectivity index (χ0) is 19.5. The molecule has 142 valence electrons. The standard InChI is InChI=1S/C23H23N3O2/c1-3-4-14-26-21-13-12-17(22(27)28-2)15-20(21)25-23(26)24-19-11-7-9-16-8-5-6-10-18(16)19/h5-13,15H,3-4,14H2,1-2H3,(H,24,25). The van der Waals surface area contributed by atoms with E-state index >= 15 is 0 Å². The van der Waals surface area contributed by atoms with E-state index in [0.29, 0.717) is 5.56 Å². The highest BCUT2D eigenvalue weighted by molar-refractivity contribution is 5.96. The number of imidazole rings is 1. The first-order valence-corrected chi connectivity index (χ1v) is 9.54. The van der Waals surface area contributed by atoms with Gasteiger partial charge in [-0.25, -0.2) is 9.78 Å². The highest BCUT2D eigenvalue weighted by atomic mass is 16.5. The van der Waals surface area contributed by atoms with Crippen LogP contribution in [0.15, 0.2) is 60.7 Å². The summed E-state index contributed by atoms with van der Waals surface area (Å²) in [6.07, 6.45) is 2.14. The Morgan fingerprint density at radius 2 is 1.93 bits per heavy atom. The van der Waals surface area contributed by atoms with Crippen molar-refractivity contribution in [3.8, 4) is 0 Å². The van der Waals surface area contributed by atoms with E-state index in [1.54, 1.807) is 12.1 Å². The normalized spacial score (nSPS) is 11.1. The van der Waals surface area contributed by atoms with Crippen molar-refractivity contribution in [1.82, 2.24) is 9.55 Å². The number of hydrogen-bond donors (Lipinski definition) is 1. The molecule has 4 aromatic rings. The maximum absolute atomic E-state index is 11.9. The fourth-order valence-corrected chi connectivity index (χ4v) is 3.47. The lowest BCUT2D eigenvalue weighted by Gasteiger charge is -2.12. The van der Waals surface area contributed by atoms with Gasteiger partial charge in [0.1, 0.15) is 0 Å². The molecular weight excluding hydrogens is 350 g/mol. The van der Waals surface area contributed by atoms with Gasteiger partial charge in [-0.3, -0.25) is 0 Å². The first-order valence-electron chi connectivity index (χ1n) is 9.54. The van der Waals surface area contributed by atoms with E-state index in [9.17, 15) is 4.79 Å². The monoisotopic (exact) mass is 373 g/mol. The lowest BCUT2D eigenvalue weighted by Crippen LogP contribution is -2.04. The Morgan fingerprint density at radius 3 is 2.75 bits per heavy atom. The van der Waals surface area contributed by atoms with E-state index in [2.05, 4.69) is 41.1 Å². The Labute approximate surface area is 164 Å². The minimum Gasteiger partial charge on any atom is -0.465 e. The number of aromatic nitrogens is 2. The van der Waals surface area contributed by atoms with Crippen LogP contribution in [0.3, 0.4) is 0 Å². The molecule has 1 aromatic heterocycles. The second-order valence-electron chi connectivity index (χ2n) is 6.79. The molecule has 0 atom stereocenters. The number of nitrogens with zero attached hydrogens (tertiary/aromatic N) is 2. The molecule has 0 bridgehead atoms. The van der Waals surface area contributed by atoms with E-state index < -0.39 is 0 Å². The number of aryl methyl sites for hydroxylation is 1. The first kappa shape index (κ1) is 18.0. The number of methoxy groups -OCH3 is 1. The van der Waals surface area contributed by atoms with Crippen LogP contribution in [-0.2, 0) is 11.3 Å². The summed E-state index contributed by atoms with van der Waals surface area (Å²) in [6, 6.07) is 20.0. The molecule has 0 unspecified atom stereocenters. The van der Waals surface area contributed by atoms with Gasteiger partial charge in [0.15, 0.2) is 0 Å². The second-order valence-corrected chi connectivity index (χ2v) is 6.79. The van der Waals surface area contributed by atoms with Crippen LogP contribution in [0.25, 0.3) is 21.8 Å². The molecular formula is C23H23N3O2. The molecule has 0 aliphatic carbocycles. The Hall–Kier alpha value is -3.34. The van der Waals surface area contributed by atoms with Crippen molar-refractivity contribution in [3.05, 3.63) is 66.2 Å². The maximum Gasteiger partial charge on any atom is 0.337 e. The summed E-state index contributed by atoms with van der Waals surface area (Å²) in [5.74, 6) is 0.426. The lowest BCUT2D eigenvalue weighted by atomic mass is 10.1. The molecule has 1 heterocycles. The Balaban J connectivity index is 1.81. The minimum absolute atomic E-state index is 0.353. The third-order valence-electron chi connectivity index (χ3n) is 4.94. The fraction of sp³-hybridized carbons (Fsp3) is 0.217. The van der Waals surface area contributed by atoms with E-state index in [1.165, 1.54) is 12.5 Å². The number of ether oxygens (including phenoxy) is 1. The molecule has 5 nitrogen and oxygen atoms in total. The van der Waals surface area contributed by atoms with Crippen molar-refractivity contribution in [2.24, 2.45) is 0 Å². The lowest BCUT2D eigenvalue weighted by molar-refractivity contribution is 0.0601. The second kappa shape index (κ2) is 7.72. The summed E-state index contributed by atoms with van der Waals surface area (Å²) >= 11 is 0. The number of fused-ring (bicyclic) bond motifs is 2. The molecule has 0 saturated heterocycles. The van der Waals surface area contributed by atoms with Gasteiger partial charge in [-0.1, -0.05) is 49.7 Å². The Bertz CT molecular complexity index is 1140. The summed E-state index contributed by atoms with van der Waals surface area (Å²) in [4.78, 5) is 16.7. The number of esters is 1. The highest BCUT2D eigenvalue weighted by Crippen LogP contribution is 2.29. The summed E-state index contributed by atoms with van der Waals surface area (Å²) < 4.78 is 7.02. The molecule has 0 fully saturated rings. The number of benzene rings is 3. The van der Waals surface area contributed by atoms with Gasteiger partial charge in [-0.05, 0) is 36.1 Å². The van der Waals surface area contributed by atoms with Crippen molar-refractivity contribution in [1.29, 1.82) is 0 Å². The van der Waals surface area contributed by atoms with Gasteiger partial charge in [0.25, 0.3) is 0 Å². The summed E-state index contributed by atoms with van der Waals surface area (Å²) in [5, 5.41) is 5.84. The predicted molar refractivity (Wildman–Crippen MR) is 113 cm³/mol. The molecule has 0 amide bonds. The molecule has 5 heteroatoms. The zero-order valence-electron chi connectivity index (χ0n) is 16.1. The first-order chi connectivity index (χ1) is 13.7. The smallest absolute Gasteiger partial charge is 0.337 e. The summed E-state index contributed by atoms with van der Waals surface area (Å²) in [5.41, 5.74) is 3.30. The molecule has 0 spiro atoms. The average molecular weight is 373 g/mol. The number of anilines is 2. The van der Waals surface area contributed by atoms with Gasteiger partial charge in [-0.15, -0.1) is 0 Å². The largest absolute Gasteiger partial charge is 0.465 e. The van der Waals surface area contributed by atoms with Gasteiger partial charge < -0.3 is 14.6 Å². The number of nitrogens with one attached hydrogen (secondary N) is 1. The molecule has 0 aliphatic rings. The number of rotatable bonds is 6. The molecule has 28 heavy (non-hydrogen) atoms. The molecule has 0 saturated carbocycles. The van der Waals surface area contributed by atoms with Gasteiger partial charge in [0.05, 0.1) is 23.7 Å². The SMILES string of the molecule is CCCCn1c(Nc2cccc3ccccc23)nc2cc(C(=O)OC)ccc21. The van der Waals surface area contributed by atoms with Gasteiger partial charge in [0, 0.05) is 17.6 Å². The number of carbonyl (C=O) groups excluding carboxylic acids is 1. The Kier molecular flexibility index (Phi) is 4.98. The Morgan fingerprint density at radius 1 is 1.11 bits per heavy atom. The van der Waals surface area contributed by atoms with Crippen LogP contribution < -0.4 is 5.32 Å². The van der Waals surface area contributed by atoms with Gasteiger partial charge in [-0.2, -0.15) is 0 Å². The molecule has 4 rings (SSSR count). The van der Waals surface area contributed by atoms with Crippen molar-refractivity contribution in [2.75, 3.05) is 12.4 Å². The zero-order valence-corrected chi connectivity index (χ0v) is 16.1. The van der Waals surface area contributed by atoms with Crippen molar-refractivity contribution in [2.45, 2.75) is 26.3 Å². The van der Waals surface area contributed by atoms with E-state index in [4.69, 9.17) is 9.72 Å². The van der Waals surface area contributed by atoms with Crippen molar-refractivity contribution in [3.63, 3.8) is 0 Å². The van der Waals surface area contributed by atoms with Crippen LogP contribution >= 0.6 is 0 Å². The van der Waals surface area contributed by atoms with Crippen LogP contribution in [0.4, 0.5) is 11.6 Å². The van der Waals surface area contributed by atoms with Crippen LogP contribution in [0.1, 0.15) is 30.1 Å². The number of unbranched alkanes of at least 4 members (excludes halogenated alkanes) is 1. The topological polar surface area (TPSA) is 56.2 Å². The molecule has 3 aromatic carbocycles. The summed E-state index contributed by atoms with van der Waals surface area (Å²) in [6.45, 7) is 3.03. The van der Waals surface area contributed by atoms with Gasteiger partial charge >= 0.3 is 5.97 Å². The summed E-state index contributed by atoms with van der Waals surface area (Å²) in [7, 11) is 1.39.